The van der Waals surface area contributed by atoms with Crippen molar-refractivity contribution in [2.24, 2.45) is 0 Å². The lowest BCUT2D eigenvalue weighted by molar-refractivity contribution is -0.141. The van der Waals surface area contributed by atoms with Gasteiger partial charge in [0.2, 0.25) is 10.0 Å². The lowest BCUT2D eigenvalue weighted by atomic mass is 9.87. The van der Waals surface area contributed by atoms with Gasteiger partial charge < -0.3 is 14.6 Å². The first-order chi connectivity index (χ1) is 14.0. The monoisotopic (exact) mass is 433 g/mol. The standard InChI is InChI=1S/C22H27NO6S/c1-22(2,3)16-6-8-17(9-7-16)30(26,27)23-13-15-12-20(29-5)19(28-4)11-14(15)10-18(23)21(24)25/h6-9,11-12,18H,10,13H2,1-5H3,(H,24,25)/t18-/m1/s1. The maximum Gasteiger partial charge on any atom is 0.322 e. The zero-order valence-electron chi connectivity index (χ0n) is 17.8. The summed E-state index contributed by atoms with van der Waals surface area (Å²) >= 11 is 0. The van der Waals surface area contributed by atoms with Crippen LogP contribution in [-0.2, 0) is 33.2 Å². The van der Waals surface area contributed by atoms with Crippen molar-refractivity contribution < 1.29 is 27.8 Å². The summed E-state index contributed by atoms with van der Waals surface area (Å²) in [5, 5.41) is 9.76. The Morgan fingerprint density at radius 2 is 1.57 bits per heavy atom. The third kappa shape index (κ3) is 4.02. The second-order valence-electron chi connectivity index (χ2n) is 8.36. The number of ether oxygens (including phenoxy) is 2. The van der Waals surface area contributed by atoms with Gasteiger partial charge >= 0.3 is 5.97 Å². The van der Waals surface area contributed by atoms with Crippen molar-refractivity contribution in [3.63, 3.8) is 0 Å². The molecule has 8 heteroatoms. The number of carboxylic acids is 1. The summed E-state index contributed by atoms with van der Waals surface area (Å²) in [7, 11) is -1.02. The third-order valence-corrected chi connectivity index (χ3v) is 7.27. The van der Waals surface area contributed by atoms with Crippen molar-refractivity contribution in [1.82, 2.24) is 4.31 Å². The minimum absolute atomic E-state index is 0.0460. The van der Waals surface area contributed by atoms with E-state index in [-0.39, 0.29) is 23.3 Å². The number of sulfonamides is 1. The summed E-state index contributed by atoms with van der Waals surface area (Å²) in [5.41, 5.74) is 2.30. The van der Waals surface area contributed by atoms with E-state index in [4.69, 9.17) is 9.47 Å². The number of hydrogen-bond acceptors (Lipinski definition) is 5. The molecule has 2 aromatic rings. The largest absolute Gasteiger partial charge is 0.493 e. The highest BCUT2D eigenvalue weighted by Crippen LogP contribution is 2.37. The lowest BCUT2D eigenvalue weighted by Crippen LogP contribution is -2.48. The second kappa shape index (κ2) is 7.92. The van der Waals surface area contributed by atoms with Gasteiger partial charge in [0.25, 0.3) is 0 Å². The number of aliphatic carboxylic acids is 1. The highest BCUT2D eigenvalue weighted by atomic mass is 32.2. The molecule has 0 aliphatic carbocycles. The number of carboxylic acid groups (broad SMARTS) is 1. The number of fused-ring (bicyclic) bond motifs is 1. The number of benzene rings is 2. The average molecular weight is 434 g/mol. The Bertz CT molecular complexity index is 1050. The van der Waals surface area contributed by atoms with E-state index < -0.39 is 22.0 Å². The van der Waals surface area contributed by atoms with Crippen LogP contribution in [0.25, 0.3) is 0 Å². The Morgan fingerprint density at radius 1 is 1.03 bits per heavy atom. The fourth-order valence-corrected chi connectivity index (χ4v) is 5.17. The van der Waals surface area contributed by atoms with Crippen LogP contribution in [-0.4, -0.2) is 44.1 Å². The molecular formula is C22H27NO6S. The molecule has 1 N–H and O–H groups in total. The van der Waals surface area contributed by atoms with Crippen LogP contribution in [0.4, 0.5) is 0 Å². The van der Waals surface area contributed by atoms with Crippen molar-refractivity contribution in [3.8, 4) is 11.5 Å². The van der Waals surface area contributed by atoms with Crippen molar-refractivity contribution >= 4 is 16.0 Å². The van der Waals surface area contributed by atoms with E-state index in [0.29, 0.717) is 17.1 Å². The molecule has 1 aliphatic rings. The van der Waals surface area contributed by atoms with E-state index in [1.807, 2.05) is 20.8 Å². The van der Waals surface area contributed by atoms with Crippen LogP contribution in [0.3, 0.4) is 0 Å². The van der Waals surface area contributed by atoms with Gasteiger partial charge in [-0.1, -0.05) is 32.9 Å². The predicted octanol–water partition coefficient (Wildman–Crippen LogP) is 3.20. The number of nitrogens with zero attached hydrogens (tertiary/aromatic N) is 1. The minimum Gasteiger partial charge on any atom is -0.493 e. The summed E-state index contributed by atoms with van der Waals surface area (Å²) in [6.45, 7) is 6.07. The molecule has 0 aromatic heterocycles. The maximum absolute atomic E-state index is 13.4. The summed E-state index contributed by atoms with van der Waals surface area (Å²) in [5.74, 6) is -0.239. The molecule has 0 unspecified atom stereocenters. The van der Waals surface area contributed by atoms with Crippen LogP contribution in [0.1, 0.15) is 37.5 Å². The molecule has 0 amide bonds. The van der Waals surface area contributed by atoms with Crippen LogP contribution >= 0.6 is 0 Å². The highest BCUT2D eigenvalue weighted by Gasteiger charge is 2.40. The Hall–Kier alpha value is -2.58. The van der Waals surface area contributed by atoms with Crippen molar-refractivity contribution in [2.45, 2.75) is 50.1 Å². The number of methoxy groups -OCH3 is 2. The molecule has 30 heavy (non-hydrogen) atoms. The van der Waals surface area contributed by atoms with Gasteiger partial charge in [0, 0.05) is 13.0 Å². The highest BCUT2D eigenvalue weighted by molar-refractivity contribution is 7.89. The van der Waals surface area contributed by atoms with Gasteiger partial charge in [0.05, 0.1) is 19.1 Å². The van der Waals surface area contributed by atoms with Gasteiger partial charge in [0.1, 0.15) is 6.04 Å². The van der Waals surface area contributed by atoms with Crippen LogP contribution in [0.15, 0.2) is 41.3 Å². The van der Waals surface area contributed by atoms with Crippen LogP contribution < -0.4 is 9.47 Å². The molecule has 1 atom stereocenters. The molecule has 162 valence electrons. The molecule has 0 spiro atoms. The first-order valence-corrected chi connectivity index (χ1v) is 11.0. The van der Waals surface area contributed by atoms with Gasteiger partial charge in [-0.05, 0) is 46.4 Å². The fraction of sp³-hybridized carbons (Fsp3) is 0.409. The predicted molar refractivity (Wildman–Crippen MR) is 113 cm³/mol. The SMILES string of the molecule is COc1cc2c(cc1OC)CN(S(=O)(=O)c1ccc(C(C)(C)C)cc1)[C@@H](C(=O)O)C2. The van der Waals surface area contributed by atoms with E-state index in [0.717, 1.165) is 15.4 Å². The van der Waals surface area contributed by atoms with E-state index >= 15 is 0 Å². The molecule has 7 nitrogen and oxygen atoms in total. The van der Waals surface area contributed by atoms with Crippen LogP contribution in [0.2, 0.25) is 0 Å². The molecule has 3 rings (SSSR count). The molecule has 0 radical (unpaired) electrons. The molecule has 1 aliphatic heterocycles. The van der Waals surface area contributed by atoms with E-state index in [1.54, 1.807) is 36.4 Å². The Kier molecular flexibility index (Phi) is 5.84. The first-order valence-electron chi connectivity index (χ1n) is 9.58. The number of carbonyl (C=O) groups is 1. The fourth-order valence-electron chi connectivity index (χ4n) is 3.61. The van der Waals surface area contributed by atoms with Gasteiger partial charge in [-0.3, -0.25) is 4.79 Å². The normalized spacial score (nSPS) is 17.3. The number of rotatable bonds is 5. The summed E-state index contributed by atoms with van der Waals surface area (Å²) in [6, 6.07) is 8.84. The van der Waals surface area contributed by atoms with Gasteiger partial charge in [-0.15, -0.1) is 0 Å². The zero-order chi connectivity index (χ0) is 22.3. The zero-order valence-corrected chi connectivity index (χ0v) is 18.6. The molecule has 0 saturated carbocycles. The van der Waals surface area contributed by atoms with Crippen LogP contribution in [0, 0.1) is 0 Å². The van der Waals surface area contributed by atoms with Crippen molar-refractivity contribution in [1.29, 1.82) is 0 Å². The third-order valence-electron chi connectivity index (χ3n) is 5.40. The lowest BCUT2D eigenvalue weighted by Gasteiger charge is -2.34. The first kappa shape index (κ1) is 22.1. The Balaban J connectivity index is 2.04. The molecule has 0 bridgehead atoms. The second-order valence-corrected chi connectivity index (χ2v) is 10.2. The molecule has 2 aromatic carbocycles. The maximum atomic E-state index is 13.4. The minimum atomic E-state index is -4.02. The summed E-state index contributed by atoms with van der Waals surface area (Å²) in [4.78, 5) is 12.0. The van der Waals surface area contributed by atoms with Crippen LogP contribution in [0.5, 0.6) is 11.5 Å². The van der Waals surface area contributed by atoms with Gasteiger partial charge in [-0.25, -0.2) is 8.42 Å². The van der Waals surface area contributed by atoms with E-state index in [9.17, 15) is 18.3 Å². The topological polar surface area (TPSA) is 93.1 Å². The Labute approximate surface area is 177 Å². The van der Waals surface area contributed by atoms with Gasteiger partial charge in [0.15, 0.2) is 11.5 Å². The van der Waals surface area contributed by atoms with E-state index in [1.165, 1.54) is 14.2 Å². The quantitative estimate of drug-likeness (QED) is 0.778. The number of hydrogen-bond donors (Lipinski definition) is 1. The van der Waals surface area contributed by atoms with Gasteiger partial charge in [-0.2, -0.15) is 4.31 Å². The molecule has 1 heterocycles. The molecule has 0 fully saturated rings. The molecular weight excluding hydrogens is 406 g/mol. The summed E-state index contributed by atoms with van der Waals surface area (Å²) in [6.07, 6.45) is 0.0460. The van der Waals surface area contributed by atoms with Crippen molar-refractivity contribution in [3.05, 3.63) is 53.1 Å². The van der Waals surface area contributed by atoms with E-state index in [2.05, 4.69) is 0 Å². The Morgan fingerprint density at radius 3 is 2.03 bits per heavy atom. The van der Waals surface area contributed by atoms with Crippen molar-refractivity contribution in [2.75, 3.05) is 14.2 Å². The average Bonchev–Trinajstić information content (AvgIpc) is 2.70. The summed E-state index contributed by atoms with van der Waals surface area (Å²) < 4.78 is 38.4. The smallest absolute Gasteiger partial charge is 0.322 e. The molecule has 0 saturated heterocycles.